The van der Waals surface area contributed by atoms with Gasteiger partial charge in [-0.3, -0.25) is 9.48 Å². The molecule has 0 unspecified atom stereocenters. The molecule has 0 atom stereocenters. The normalized spacial score (nSPS) is 16.4. The van der Waals surface area contributed by atoms with Gasteiger partial charge in [0.05, 0.1) is 6.54 Å². The fourth-order valence-electron chi connectivity index (χ4n) is 4.25. The van der Waals surface area contributed by atoms with Crippen molar-refractivity contribution in [2.24, 2.45) is 7.05 Å². The molecular weight excluding hydrogens is 366 g/mol. The van der Waals surface area contributed by atoms with Gasteiger partial charge >= 0.3 is 6.03 Å². The van der Waals surface area contributed by atoms with Crippen molar-refractivity contribution in [2.45, 2.75) is 38.6 Å². The standard InChI is InChI=1S/C22H29N5O2/c1-25-19-11-15-27(22(29)23-12-10-17-8-4-2-5-9-17)16-18(19)20(24-25)21(28)26-13-6-3-7-14-26/h2,4-5,8-9H,3,6-7,10-16H2,1H3,(H,23,29). The molecule has 0 aliphatic carbocycles. The van der Waals surface area contributed by atoms with Crippen LogP contribution in [-0.2, 0) is 26.4 Å². The number of aryl methyl sites for hydroxylation is 1. The molecule has 4 rings (SSSR count). The second-order valence-electron chi connectivity index (χ2n) is 7.89. The second-order valence-corrected chi connectivity index (χ2v) is 7.89. The number of benzene rings is 1. The molecule has 0 radical (unpaired) electrons. The summed E-state index contributed by atoms with van der Waals surface area (Å²) < 4.78 is 1.82. The summed E-state index contributed by atoms with van der Waals surface area (Å²) in [4.78, 5) is 29.4. The maximum Gasteiger partial charge on any atom is 0.317 e. The Morgan fingerprint density at radius 1 is 1.03 bits per heavy atom. The van der Waals surface area contributed by atoms with Crippen LogP contribution < -0.4 is 5.32 Å². The number of carbonyl (C=O) groups excluding carboxylic acids is 2. The van der Waals surface area contributed by atoms with E-state index in [0.717, 1.165) is 50.0 Å². The van der Waals surface area contributed by atoms with E-state index in [4.69, 9.17) is 0 Å². The van der Waals surface area contributed by atoms with Crippen molar-refractivity contribution in [1.29, 1.82) is 0 Å². The van der Waals surface area contributed by atoms with Crippen molar-refractivity contribution in [3.63, 3.8) is 0 Å². The molecule has 1 N–H and O–H groups in total. The summed E-state index contributed by atoms with van der Waals surface area (Å²) in [5, 5.41) is 7.55. The van der Waals surface area contributed by atoms with Crippen molar-refractivity contribution in [3.8, 4) is 0 Å². The highest BCUT2D eigenvalue weighted by Crippen LogP contribution is 2.24. The molecule has 0 spiro atoms. The number of hydrogen-bond donors (Lipinski definition) is 1. The summed E-state index contributed by atoms with van der Waals surface area (Å²) in [5.74, 6) is 0.00730. The molecule has 154 valence electrons. The van der Waals surface area contributed by atoms with E-state index in [1.165, 1.54) is 12.0 Å². The largest absolute Gasteiger partial charge is 0.338 e. The lowest BCUT2D eigenvalue weighted by molar-refractivity contribution is 0.0715. The Kier molecular flexibility index (Phi) is 5.83. The van der Waals surface area contributed by atoms with E-state index in [1.807, 2.05) is 34.8 Å². The monoisotopic (exact) mass is 395 g/mol. The fraction of sp³-hybridized carbons (Fsp3) is 0.500. The van der Waals surface area contributed by atoms with Crippen LogP contribution in [0.15, 0.2) is 30.3 Å². The van der Waals surface area contributed by atoms with Gasteiger partial charge in [-0.1, -0.05) is 30.3 Å². The lowest BCUT2D eigenvalue weighted by Gasteiger charge is -2.29. The third-order valence-electron chi connectivity index (χ3n) is 5.91. The average molecular weight is 396 g/mol. The molecular formula is C22H29N5O2. The second kappa shape index (κ2) is 8.68. The van der Waals surface area contributed by atoms with Crippen LogP contribution in [-0.4, -0.2) is 57.7 Å². The first-order valence-corrected chi connectivity index (χ1v) is 10.5. The number of piperidine rings is 1. The van der Waals surface area contributed by atoms with Crippen LogP contribution in [0.2, 0.25) is 0 Å². The van der Waals surface area contributed by atoms with Gasteiger partial charge in [0.25, 0.3) is 5.91 Å². The molecule has 1 aromatic carbocycles. The first-order valence-electron chi connectivity index (χ1n) is 10.5. The zero-order valence-electron chi connectivity index (χ0n) is 17.1. The van der Waals surface area contributed by atoms with Gasteiger partial charge in [-0.25, -0.2) is 4.79 Å². The summed E-state index contributed by atoms with van der Waals surface area (Å²) in [6.45, 7) is 3.27. The predicted molar refractivity (Wildman–Crippen MR) is 111 cm³/mol. The van der Waals surface area contributed by atoms with E-state index in [9.17, 15) is 9.59 Å². The lowest BCUT2D eigenvalue weighted by Crippen LogP contribution is -2.44. The molecule has 0 saturated carbocycles. The van der Waals surface area contributed by atoms with E-state index in [1.54, 1.807) is 4.90 Å². The number of rotatable bonds is 4. The molecule has 7 heteroatoms. The Labute approximate surface area is 171 Å². The topological polar surface area (TPSA) is 70.5 Å². The Hall–Kier alpha value is -2.83. The van der Waals surface area contributed by atoms with Crippen LogP contribution in [0, 0.1) is 0 Å². The zero-order valence-corrected chi connectivity index (χ0v) is 17.1. The Morgan fingerprint density at radius 2 is 1.79 bits per heavy atom. The summed E-state index contributed by atoms with van der Waals surface area (Å²) >= 11 is 0. The van der Waals surface area contributed by atoms with Crippen molar-refractivity contribution in [3.05, 3.63) is 52.8 Å². The van der Waals surface area contributed by atoms with Crippen molar-refractivity contribution in [1.82, 2.24) is 24.9 Å². The van der Waals surface area contributed by atoms with Crippen LogP contribution in [0.1, 0.15) is 46.6 Å². The molecule has 3 heterocycles. The number of urea groups is 1. The quantitative estimate of drug-likeness (QED) is 0.864. The molecule has 2 aliphatic heterocycles. The van der Waals surface area contributed by atoms with Gasteiger partial charge < -0.3 is 15.1 Å². The molecule has 1 aromatic heterocycles. The Bertz CT molecular complexity index is 871. The van der Waals surface area contributed by atoms with Gasteiger partial charge in [0.1, 0.15) is 0 Å². The van der Waals surface area contributed by atoms with Crippen LogP contribution >= 0.6 is 0 Å². The van der Waals surface area contributed by atoms with Crippen molar-refractivity contribution >= 4 is 11.9 Å². The maximum atomic E-state index is 13.0. The maximum absolute atomic E-state index is 13.0. The number of carbonyl (C=O) groups is 2. The van der Waals surface area contributed by atoms with Crippen LogP contribution in [0.3, 0.4) is 0 Å². The van der Waals surface area contributed by atoms with Gasteiger partial charge in [-0.2, -0.15) is 5.10 Å². The van der Waals surface area contributed by atoms with Gasteiger partial charge in [0, 0.05) is 50.9 Å². The molecule has 2 aliphatic rings. The van der Waals surface area contributed by atoms with Gasteiger partial charge in [-0.15, -0.1) is 0 Å². The van der Waals surface area contributed by atoms with Crippen LogP contribution in [0.25, 0.3) is 0 Å². The third kappa shape index (κ3) is 4.28. The molecule has 1 fully saturated rings. The Balaban J connectivity index is 1.40. The first-order chi connectivity index (χ1) is 14.1. The molecule has 2 aromatic rings. The number of nitrogens with one attached hydrogen (secondary N) is 1. The van der Waals surface area contributed by atoms with Gasteiger partial charge in [-0.05, 0) is 31.2 Å². The predicted octanol–water partition coefficient (Wildman–Crippen LogP) is 2.36. The van der Waals surface area contributed by atoms with E-state index in [-0.39, 0.29) is 11.9 Å². The number of nitrogens with zero attached hydrogens (tertiary/aromatic N) is 4. The highest BCUT2D eigenvalue weighted by Gasteiger charge is 2.31. The molecule has 7 nitrogen and oxygen atoms in total. The summed E-state index contributed by atoms with van der Waals surface area (Å²) in [6.07, 6.45) is 4.81. The summed E-state index contributed by atoms with van der Waals surface area (Å²) in [5.41, 5.74) is 3.70. The van der Waals surface area contributed by atoms with Gasteiger partial charge in [0.2, 0.25) is 0 Å². The number of amides is 3. The number of aromatic nitrogens is 2. The number of likely N-dealkylation sites (tertiary alicyclic amines) is 1. The zero-order chi connectivity index (χ0) is 20.2. The van der Waals surface area contributed by atoms with Crippen molar-refractivity contribution in [2.75, 3.05) is 26.2 Å². The van der Waals surface area contributed by atoms with Crippen LogP contribution in [0.4, 0.5) is 4.79 Å². The minimum atomic E-state index is -0.0770. The molecule has 0 bridgehead atoms. The fourth-order valence-corrected chi connectivity index (χ4v) is 4.25. The SMILES string of the molecule is Cn1nc(C(=O)N2CCCCC2)c2c1CCN(C(=O)NCCc1ccccc1)C2. The van der Waals surface area contributed by atoms with E-state index < -0.39 is 0 Å². The summed E-state index contributed by atoms with van der Waals surface area (Å²) in [6, 6.07) is 10.1. The van der Waals surface area contributed by atoms with Crippen LogP contribution in [0.5, 0.6) is 0 Å². The van der Waals surface area contributed by atoms with E-state index in [0.29, 0.717) is 25.3 Å². The highest BCUT2D eigenvalue weighted by atomic mass is 16.2. The highest BCUT2D eigenvalue weighted by molar-refractivity contribution is 5.94. The number of hydrogen-bond acceptors (Lipinski definition) is 3. The molecule has 1 saturated heterocycles. The number of fused-ring (bicyclic) bond motifs is 1. The minimum Gasteiger partial charge on any atom is -0.338 e. The van der Waals surface area contributed by atoms with E-state index in [2.05, 4.69) is 22.5 Å². The smallest absolute Gasteiger partial charge is 0.317 e. The minimum absolute atomic E-state index is 0.00730. The average Bonchev–Trinajstić information content (AvgIpc) is 3.10. The first kappa shape index (κ1) is 19.5. The van der Waals surface area contributed by atoms with E-state index >= 15 is 0 Å². The van der Waals surface area contributed by atoms with Crippen molar-refractivity contribution < 1.29 is 9.59 Å². The lowest BCUT2D eigenvalue weighted by atomic mass is 10.0. The Morgan fingerprint density at radius 3 is 2.55 bits per heavy atom. The summed E-state index contributed by atoms with van der Waals surface area (Å²) in [7, 11) is 1.89. The van der Waals surface area contributed by atoms with Gasteiger partial charge in [0.15, 0.2) is 5.69 Å². The molecule has 3 amide bonds. The molecule has 29 heavy (non-hydrogen) atoms. The third-order valence-corrected chi connectivity index (χ3v) is 5.91.